The van der Waals surface area contributed by atoms with Gasteiger partial charge in [-0.3, -0.25) is 9.59 Å². The molecule has 2 amide bonds. The van der Waals surface area contributed by atoms with Crippen molar-refractivity contribution in [2.45, 2.75) is 12.8 Å². The maximum Gasteiger partial charge on any atom is 0.257 e. The summed E-state index contributed by atoms with van der Waals surface area (Å²) in [5.41, 5.74) is 2.22. The number of hydrogen-bond acceptors (Lipinski definition) is 3. The van der Waals surface area contributed by atoms with Crippen LogP contribution in [0.5, 0.6) is 0 Å². The normalized spacial score (nSPS) is 14.0. The molecule has 2 aromatic heterocycles. The topological polar surface area (TPSA) is 78.1 Å². The third-order valence-electron chi connectivity index (χ3n) is 4.49. The molecule has 25 heavy (non-hydrogen) atoms. The standard InChI is InChI=1S/C19H18N4O2/c24-18(15-12-21-17-13(15)7-5-9-20-17)22-16-8-2-1-6-14(16)19(25)23-10-3-4-11-23/h1-2,5-9,12H,3-4,10-11H2,(H,20,21)(H,22,24). The Morgan fingerprint density at radius 2 is 1.84 bits per heavy atom. The highest BCUT2D eigenvalue weighted by Crippen LogP contribution is 2.22. The number of nitrogens with zero attached hydrogens (tertiary/aromatic N) is 2. The minimum atomic E-state index is -0.263. The van der Waals surface area contributed by atoms with E-state index in [0.29, 0.717) is 22.5 Å². The monoisotopic (exact) mass is 334 g/mol. The minimum Gasteiger partial charge on any atom is -0.345 e. The number of carbonyl (C=O) groups excluding carboxylic acids is 2. The van der Waals surface area contributed by atoms with Crippen molar-refractivity contribution >= 4 is 28.5 Å². The van der Waals surface area contributed by atoms with Crippen LogP contribution in [0.1, 0.15) is 33.6 Å². The van der Waals surface area contributed by atoms with Gasteiger partial charge in [0.25, 0.3) is 11.8 Å². The lowest BCUT2D eigenvalue weighted by molar-refractivity contribution is 0.0794. The zero-order valence-electron chi connectivity index (χ0n) is 13.7. The Kier molecular flexibility index (Phi) is 3.93. The molecule has 0 spiro atoms. The van der Waals surface area contributed by atoms with Crippen LogP contribution in [-0.4, -0.2) is 39.8 Å². The van der Waals surface area contributed by atoms with Gasteiger partial charge in [-0.25, -0.2) is 4.98 Å². The molecule has 0 atom stereocenters. The first-order valence-electron chi connectivity index (χ1n) is 8.36. The molecule has 3 aromatic rings. The fourth-order valence-electron chi connectivity index (χ4n) is 3.20. The Balaban J connectivity index is 1.62. The molecule has 0 unspecified atom stereocenters. The zero-order valence-corrected chi connectivity index (χ0v) is 13.7. The van der Waals surface area contributed by atoms with Crippen molar-refractivity contribution in [1.29, 1.82) is 0 Å². The Labute approximate surface area is 144 Å². The van der Waals surface area contributed by atoms with Gasteiger partial charge in [0.15, 0.2) is 0 Å². The van der Waals surface area contributed by atoms with Crippen molar-refractivity contribution in [3.63, 3.8) is 0 Å². The molecule has 126 valence electrons. The maximum absolute atomic E-state index is 12.7. The number of likely N-dealkylation sites (tertiary alicyclic amines) is 1. The number of hydrogen-bond donors (Lipinski definition) is 2. The van der Waals surface area contributed by atoms with Gasteiger partial charge in [0.1, 0.15) is 5.65 Å². The van der Waals surface area contributed by atoms with Crippen LogP contribution in [0, 0.1) is 0 Å². The van der Waals surface area contributed by atoms with Gasteiger partial charge >= 0.3 is 0 Å². The summed E-state index contributed by atoms with van der Waals surface area (Å²) < 4.78 is 0. The van der Waals surface area contributed by atoms with Crippen molar-refractivity contribution in [1.82, 2.24) is 14.9 Å². The molecule has 4 rings (SSSR count). The molecule has 2 N–H and O–H groups in total. The summed E-state index contributed by atoms with van der Waals surface area (Å²) in [7, 11) is 0. The molecule has 1 aliphatic rings. The van der Waals surface area contributed by atoms with Gasteiger partial charge in [0.05, 0.1) is 16.8 Å². The van der Waals surface area contributed by atoms with Crippen LogP contribution in [0.3, 0.4) is 0 Å². The van der Waals surface area contributed by atoms with Gasteiger partial charge in [-0.15, -0.1) is 0 Å². The molecular formula is C19H18N4O2. The lowest BCUT2D eigenvalue weighted by atomic mass is 10.1. The van der Waals surface area contributed by atoms with E-state index in [0.717, 1.165) is 31.3 Å². The summed E-state index contributed by atoms with van der Waals surface area (Å²) >= 11 is 0. The number of para-hydroxylation sites is 1. The van der Waals surface area contributed by atoms with Gasteiger partial charge in [0.2, 0.25) is 0 Å². The van der Waals surface area contributed by atoms with Crippen LogP contribution >= 0.6 is 0 Å². The highest BCUT2D eigenvalue weighted by molar-refractivity contribution is 6.14. The van der Waals surface area contributed by atoms with Gasteiger partial charge < -0.3 is 15.2 Å². The lowest BCUT2D eigenvalue weighted by Gasteiger charge is -2.17. The number of carbonyl (C=O) groups is 2. The number of pyridine rings is 1. The fraction of sp³-hybridized carbons (Fsp3) is 0.211. The van der Waals surface area contributed by atoms with Gasteiger partial charge in [-0.05, 0) is 37.1 Å². The highest BCUT2D eigenvalue weighted by atomic mass is 16.2. The van der Waals surface area contributed by atoms with Crippen molar-refractivity contribution in [2.75, 3.05) is 18.4 Å². The fourth-order valence-corrected chi connectivity index (χ4v) is 3.20. The van der Waals surface area contributed by atoms with E-state index in [-0.39, 0.29) is 11.8 Å². The first kappa shape index (κ1) is 15.4. The highest BCUT2D eigenvalue weighted by Gasteiger charge is 2.23. The average Bonchev–Trinajstić information content (AvgIpc) is 3.31. The predicted molar refractivity (Wildman–Crippen MR) is 95.6 cm³/mol. The molecule has 6 heteroatoms. The van der Waals surface area contributed by atoms with Crippen LogP contribution in [-0.2, 0) is 0 Å². The number of nitrogens with one attached hydrogen (secondary N) is 2. The van der Waals surface area contributed by atoms with E-state index in [1.165, 1.54) is 0 Å². The van der Waals surface area contributed by atoms with Crippen LogP contribution in [0.25, 0.3) is 11.0 Å². The van der Waals surface area contributed by atoms with Gasteiger partial charge in [-0.2, -0.15) is 0 Å². The third-order valence-corrected chi connectivity index (χ3v) is 4.49. The second kappa shape index (κ2) is 6.39. The Morgan fingerprint density at radius 3 is 2.68 bits per heavy atom. The minimum absolute atomic E-state index is 0.0333. The smallest absolute Gasteiger partial charge is 0.257 e. The van der Waals surface area contributed by atoms with Crippen molar-refractivity contribution in [2.24, 2.45) is 0 Å². The van der Waals surface area contributed by atoms with Crippen LogP contribution in [0.2, 0.25) is 0 Å². The number of aromatic nitrogens is 2. The number of benzene rings is 1. The van der Waals surface area contributed by atoms with Crippen LogP contribution < -0.4 is 5.32 Å². The first-order chi connectivity index (χ1) is 12.2. The van der Waals surface area contributed by atoms with Crippen LogP contribution in [0.4, 0.5) is 5.69 Å². The van der Waals surface area contributed by atoms with E-state index in [2.05, 4.69) is 15.3 Å². The molecular weight excluding hydrogens is 316 g/mol. The van der Waals surface area contributed by atoms with Crippen molar-refractivity contribution in [3.8, 4) is 0 Å². The summed E-state index contributed by atoms with van der Waals surface area (Å²) in [5, 5.41) is 3.63. The molecule has 1 saturated heterocycles. The number of fused-ring (bicyclic) bond motifs is 1. The summed E-state index contributed by atoms with van der Waals surface area (Å²) in [6, 6.07) is 10.8. The van der Waals surface area contributed by atoms with Gasteiger partial charge in [0, 0.05) is 30.9 Å². The number of anilines is 1. The maximum atomic E-state index is 12.7. The molecule has 6 nitrogen and oxygen atoms in total. The zero-order chi connectivity index (χ0) is 17.2. The largest absolute Gasteiger partial charge is 0.345 e. The number of rotatable bonds is 3. The van der Waals surface area contributed by atoms with Crippen molar-refractivity contribution in [3.05, 3.63) is 59.9 Å². The molecule has 0 saturated carbocycles. The van der Waals surface area contributed by atoms with Crippen LogP contribution in [0.15, 0.2) is 48.8 Å². The second-order valence-corrected chi connectivity index (χ2v) is 6.10. The molecule has 1 aromatic carbocycles. The predicted octanol–water partition coefficient (Wildman–Crippen LogP) is 3.05. The van der Waals surface area contributed by atoms with E-state index in [1.807, 2.05) is 23.1 Å². The molecule has 1 aliphatic heterocycles. The second-order valence-electron chi connectivity index (χ2n) is 6.10. The lowest BCUT2D eigenvalue weighted by Crippen LogP contribution is -2.28. The van der Waals surface area contributed by atoms with E-state index >= 15 is 0 Å². The summed E-state index contributed by atoms with van der Waals surface area (Å²) in [6.45, 7) is 1.55. The SMILES string of the molecule is O=C(Nc1ccccc1C(=O)N1CCCC1)c1c[nH]c2ncccc12. The van der Waals surface area contributed by atoms with E-state index in [9.17, 15) is 9.59 Å². The average molecular weight is 334 g/mol. The number of amides is 2. The quantitative estimate of drug-likeness (QED) is 0.773. The Morgan fingerprint density at radius 1 is 1.04 bits per heavy atom. The molecule has 0 bridgehead atoms. The molecule has 3 heterocycles. The Hall–Kier alpha value is -3.15. The summed E-state index contributed by atoms with van der Waals surface area (Å²) in [6.07, 6.45) is 5.37. The Bertz CT molecular complexity index is 941. The molecule has 1 fully saturated rings. The van der Waals surface area contributed by atoms with E-state index in [4.69, 9.17) is 0 Å². The number of H-pyrrole nitrogens is 1. The summed E-state index contributed by atoms with van der Waals surface area (Å²) in [4.78, 5) is 34.4. The number of aromatic amines is 1. The molecule has 0 radical (unpaired) electrons. The van der Waals surface area contributed by atoms with E-state index in [1.54, 1.807) is 30.6 Å². The van der Waals surface area contributed by atoms with E-state index < -0.39 is 0 Å². The van der Waals surface area contributed by atoms with Gasteiger partial charge in [-0.1, -0.05) is 12.1 Å². The summed E-state index contributed by atoms with van der Waals surface area (Å²) in [5.74, 6) is -0.296. The third kappa shape index (κ3) is 2.87. The molecule has 0 aliphatic carbocycles. The first-order valence-corrected chi connectivity index (χ1v) is 8.36. The van der Waals surface area contributed by atoms with Crippen molar-refractivity contribution < 1.29 is 9.59 Å².